The number of benzene rings is 1. The zero-order valence-electron chi connectivity index (χ0n) is 16.5. The van der Waals surface area contributed by atoms with Crippen LogP contribution < -0.4 is 0 Å². The highest BCUT2D eigenvalue weighted by Gasteiger charge is 2.51. The number of likely N-dealkylation sites (tertiary alicyclic amines) is 1. The maximum absolute atomic E-state index is 12.8. The lowest BCUT2D eigenvalue weighted by Gasteiger charge is -2.31. The molecule has 1 amide bonds. The summed E-state index contributed by atoms with van der Waals surface area (Å²) in [6, 6.07) is 7.98. The Bertz CT molecular complexity index is 796. The summed E-state index contributed by atoms with van der Waals surface area (Å²) in [6.07, 6.45) is 0.345. The van der Waals surface area contributed by atoms with E-state index in [0.717, 1.165) is 11.1 Å². The molecule has 7 nitrogen and oxygen atoms in total. The second-order valence-corrected chi connectivity index (χ2v) is 9.76. The molecule has 0 bridgehead atoms. The summed E-state index contributed by atoms with van der Waals surface area (Å²) in [5.41, 5.74) is 2.24. The summed E-state index contributed by atoms with van der Waals surface area (Å²) in [5, 5.41) is 0. The fourth-order valence-electron chi connectivity index (χ4n) is 4.33. The number of rotatable bonds is 6. The van der Waals surface area contributed by atoms with Crippen molar-refractivity contribution in [3.05, 3.63) is 35.4 Å². The van der Waals surface area contributed by atoms with Gasteiger partial charge in [0.2, 0.25) is 5.91 Å². The van der Waals surface area contributed by atoms with Crippen LogP contribution in [0.1, 0.15) is 23.6 Å². The van der Waals surface area contributed by atoms with Crippen molar-refractivity contribution in [2.45, 2.75) is 19.4 Å². The fraction of sp³-hybridized carbons (Fsp3) is 0.632. The number of carbonyl (C=O) groups is 1. The van der Waals surface area contributed by atoms with E-state index in [4.69, 9.17) is 4.74 Å². The Kier molecular flexibility index (Phi) is 5.90. The number of carbonyl (C=O) groups excluding carboxylic acids is 1. The molecule has 2 saturated heterocycles. The van der Waals surface area contributed by atoms with Crippen molar-refractivity contribution >= 4 is 16.1 Å². The third kappa shape index (κ3) is 3.76. The molecule has 0 N–H and O–H groups in total. The minimum atomic E-state index is -3.44. The van der Waals surface area contributed by atoms with Crippen LogP contribution in [-0.2, 0) is 19.7 Å². The van der Waals surface area contributed by atoms with Gasteiger partial charge in [-0.05, 0) is 24.0 Å². The van der Waals surface area contributed by atoms with Crippen molar-refractivity contribution in [1.82, 2.24) is 13.5 Å². The number of nitrogens with zero attached hydrogens (tertiary/aromatic N) is 3. The molecule has 0 aliphatic carbocycles. The van der Waals surface area contributed by atoms with Crippen LogP contribution in [0.3, 0.4) is 0 Å². The third-order valence-corrected chi connectivity index (χ3v) is 7.64. The standard InChI is InChI=1S/C19H29N3O4S/c1-14-7-5-6-8-16(14)19-17-13-21(27(24,25)20(2)3)11-15(17)12-22(19)18(23)9-10-26-4/h5-8,15,17,19H,9-13H2,1-4H3/t15-,17-,19+/m0/s1. The van der Waals surface area contributed by atoms with Crippen LogP contribution in [0, 0.1) is 18.8 Å². The SMILES string of the molecule is COCCC(=O)N1C[C@@H]2CN(S(=O)(=O)N(C)C)C[C@@H]2[C@H]1c1ccccc1C. The smallest absolute Gasteiger partial charge is 0.281 e. The lowest BCUT2D eigenvalue weighted by molar-refractivity contribution is -0.133. The first-order valence-corrected chi connectivity index (χ1v) is 10.7. The summed E-state index contributed by atoms with van der Waals surface area (Å²) < 4.78 is 33.1. The van der Waals surface area contributed by atoms with Gasteiger partial charge in [0.1, 0.15) is 0 Å². The van der Waals surface area contributed by atoms with Gasteiger partial charge in [0.15, 0.2) is 0 Å². The molecule has 0 saturated carbocycles. The second-order valence-electron chi connectivity index (χ2n) is 7.62. The monoisotopic (exact) mass is 395 g/mol. The molecule has 2 aliphatic heterocycles. The van der Waals surface area contributed by atoms with Crippen LogP contribution in [-0.4, -0.2) is 75.3 Å². The summed E-state index contributed by atoms with van der Waals surface area (Å²) >= 11 is 0. The van der Waals surface area contributed by atoms with Crippen LogP contribution in [0.2, 0.25) is 0 Å². The van der Waals surface area contributed by atoms with Crippen LogP contribution in [0.25, 0.3) is 0 Å². The quantitative estimate of drug-likeness (QED) is 0.727. The Balaban J connectivity index is 1.91. The number of aryl methyl sites for hydroxylation is 1. The molecule has 1 aromatic rings. The van der Waals surface area contributed by atoms with Crippen molar-refractivity contribution in [2.24, 2.45) is 11.8 Å². The normalized spacial score (nSPS) is 26.0. The molecule has 3 atom stereocenters. The maximum Gasteiger partial charge on any atom is 0.281 e. The van der Waals surface area contributed by atoms with Crippen molar-refractivity contribution in [1.29, 1.82) is 0 Å². The van der Waals surface area contributed by atoms with Gasteiger partial charge in [0.05, 0.1) is 19.1 Å². The number of methoxy groups -OCH3 is 1. The Labute approximate surface area is 162 Å². The summed E-state index contributed by atoms with van der Waals surface area (Å²) in [6.45, 7) is 3.93. The largest absolute Gasteiger partial charge is 0.384 e. The highest BCUT2D eigenvalue weighted by Crippen LogP contribution is 2.46. The average molecular weight is 396 g/mol. The minimum Gasteiger partial charge on any atom is -0.384 e. The number of amides is 1. The number of hydrogen-bond acceptors (Lipinski definition) is 4. The van der Waals surface area contributed by atoms with Crippen LogP contribution in [0.4, 0.5) is 0 Å². The molecule has 27 heavy (non-hydrogen) atoms. The Morgan fingerprint density at radius 1 is 1.22 bits per heavy atom. The van der Waals surface area contributed by atoms with Gasteiger partial charge in [-0.2, -0.15) is 17.0 Å². The van der Waals surface area contributed by atoms with Crippen molar-refractivity contribution in [2.75, 3.05) is 47.4 Å². The first-order valence-electron chi connectivity index (χ1n) is 9.29. The van der Waals surface area contributed by atoms with Crippen molar-refractivity contribution in [3.8, 4) is 0 Å². The molecule has 8 heteroatoms. The van der Waals surface area contributed by atoms with E-state index in [1.165, 1.54) is 4.31 Å². The highest BCUT2D eigenvalue weighted by atomic mass is 32.2. The molecular weight excluding hydrogens is 366 g/mol. The lowest BCUT2D eigenvalue weighted by atomic mass is 9.87. The second kappa shape index (κ2) is 7.87. The maximum atomic E-state index is 12.8. The molecule has 2 aliphatic rings. The Hall–Kier alpha value is -1.48. The van der Waals surface area contributed by atoms with Crippen LogP contribution in [0.5, 0.6) is 0 Å². The zero-order valence-corrected chi connectivity index (χ0v) is 17.3. The van der Waals surface area contributed by atoms with Gasteiger partial charge in [-0.3, -0.25) is 4.79 Å². The first-order chi connectivity index (χ1) is 12.8. The Morgan fingerprint density at radius 2 is 1.93 bits per heavy atom. The van der Waals surface area contributed by atoms with Gasteiger partial charge >= 0.3 is 0 Å². The van der Waals surface area contributed by atoms with E-state index in [0.29, 0.717) is 32.7 Å². The van der Waals surface area contributed by atoms with Gasteiger partial charge in [-0.1, -0.05) is 24.3 Å². The van der Waals surface area contributed by atoms with E-state index in [2.05, 4.69) is 6.07 Å². The van der Waals surface area contributed by atoms with Crippen molar-refractivity contribution < 1.29 is 17.9 Å². The summed E-state index contributed by atoms with van der Waals surface area (Å²) in [7, 11) is 1.27. The fourth-order valence-corrected chi connectivity index (χ4v) is 5.53. The number of ether oxygens (including phenoxy) is 1. The lowest BCUT2D eigenvalue weighted by Crippen LogP contribution is -2.42. The summed E-state index contributed by atoms with van der Waals surface area (Å²) in [4.78, 5) is 14.8. The Morgan fingerprint density at radius 3 is 2.56 bits per heavy atom. The van der Waals surface area contributed by atoms with E-state index < -0.39 is 10.2 Å². The third-order valence-electron chi connectivity index (χ3n) is 5.77. The number of hydrogen-bond donors (Lipinski definition) is 0. The zero-order chi connectivity index (χ0) is 19.8. The molecule has 2 fully saturated rings. The molecule has 0 unspecified atom stereocenters. The molecule has 0 spiro atoms. The molecule has 3 rings (SSSR count). The van der Waals surface area contributed by atoms with E-state index in [1.807, 2.05) is 30.0 Å². The molecule has 150 valence electrons. The molecule has 0 radical (unpaired) electrons. The minimum absolute atomic E-state index is 0.0709. The first kappa shape index (κ1) is 20.3. The molecule has 0 aromatic heterocycles. The predicted molar refractivity (Wildman–Crippen MR) is 103 cm³/mol. The van der Waals surface area contributed by atoms with E-state index in [-0.39, 0.29) is 23.8 Å². The highest BCUT2D eigenvalue weighted by molar-refractivity contribution is 7.86. The van der Waals surface area contributed by atoms with E-state index in [9.17, 15) is 13.2 Å². The van der Waals surface area contributed by atoms with E-state index >= 15 is 0 Å². The van der Waals surface area contributed by atoms with Gasteiger partial charge < -0.3 is 9.64 Å². The van der Waals surface area contributed by atoms with E-state index in [1.54, 1.807) is 25.5 Å². The van der Waals surface area contributed by atoms with Gasteiger partial charge in [0.25, 0.3) is 10.2 Å². The van der Waals surface area contributed by atoms with Crippen molar-refractivity contribution in [3.63, 3.8) is 0 Å². The van der Waals surface area contributed by atoms with Gasteiger partial charge in [-0.25, -0.2) is 0 Å². The van der Waals surface area contributed by atoms with Crippen LogP contribution >= 0.6 is 0 Å². The van der Waals surface area contributed by atoms with Gasteiger partial charge in [-0.15, -0.1) is 0 Å². The molecule has 1 aromatic carbocycles. The van der Waals surface area contributed by atoms with Crippen LogP contribution in [0.15, 0.2) is 24.3 Å². The van der Waals surface area contributed by atoms with Gasteiger partial charge in [0, 0.05) is 46.8 Å². The molecule has 2 heterocycles. The topological polar surface area (TPSA) is 70.2 Å². The molecular formula is C19H29N3O4S. The summed E-state index contributed by atoms with van der Waals surface area (Å²) in [5.74, 6) is 0.324. The average Bonchev–Trinajstić information content (AvgIpc) is 3.18. The predicted octanol–water partition coefficient (Wildman–Crippen LogP) is 1.27. The number of fused-ring (bicyclic) bond motifs is 1.